The number of benzene rings is 2. The van der Waals surface area contributed by atoms with Gasteiger partial charge in [0.1, 0.15) is 17.3 Å². The number of nitrogens with zero attached hydrogens (tertiary/aromatic N) is 1. The van der Waals surface area contributed by atoms with E-state index in [1.807, 2.05) is 0 Å². The van der Waals surface area contributed by atoms with Crippen molar-refractivity contribution in [3.63, 3.8) is 0 Å². The topological polar surface area (TPSA) is 67.9 Å². The van der Waals surface area contributed by atoms with Gasteiger partial charge in [0.15, 0.2) is 11.5 Å². The SMILES string of the molecule is COc1ccc(NC2=C(c3cccs3)C(=O)N(c3cc(F)ccc3F)C2=O)cc1OC. The molecule has 9 heteroatoms. The summed E-state index contributed by atoms with van der Waals surface area (Å²) in [5.74, 6) is -2.31. The number of amides is 2. The van der Waals surface area contributed by atoms with Crippen LogP contribution in [0.25, 0.3) is 5.57 Å². The predicted octanol–water partition coefficient (Wildman–Crippen LogP) is 4.44. The molecular formula is C22H16F2N2O4S. The maximum absolute atomic E-state index is 14.4. The van der Waals surface area contributed by atoms with Gasteiger partial charge in [-0.15, -0.1) is 11.3 Å². The van der Waals surface area contributed by atoms with Gasteiger partial charge in [-0.05, 0) is 35.7 Å². The number of thiophene rings is 1. The first-order valence-corrected chi connectivity index (χ1v) is 9.93. The summed E-state index contributed by atoms with van der Waals surface area (Å²) in [6, 6.07) is 10.9. The molecule has 6 nitrogen and oxygen atoms in total. The van der Waals surface area contributed by atoms with E-state index in [1.54, 1.807) is 35.7 Å². The van der Waals surface area contributed by atoms with Crippen LogP contribution < -0.4 is 19.7 Å². The predicted molar refractivity (Wildman–Crippen MR) is 113 cm³/mol. The van der Waals surface area contributed by atoms with Crippen molar-refractivity contribution in [2.24, 2.45) is 0 Å². The fraction of sp³-hybridized carbons (Fsp3) is 0.0909. The van der Waals surface area contributed by atoms with Gasteiger partial charge in [-0.25, -0.2) is 13.7 Å². The molecule has 0 bridgehead atoms. The van der Waals surface area contributed by atoms with Crippen LogP contribution >= 0.6 is 11.3 Å². The largest absolute Gasteiger partial charge is 0.493 e. The Balaban J connectivity index is 1.80. The molecule has 4 rings (SSSR count). The minimum atomic E-state index is -0.888. The average Bonchev–Trinajstić information content (AvgIpc) is 3.37. The highest BCUT2D eigenvalue weighted by Crippen LogP contribution is 2.38. The zero-order valence-corrected chi connectivity index (χ0v) is 17.3. The molecule has 2 heterocycles. The highest BCUT2D eigenvalue weighted by Gasteiger charge is 2.42. The fourth-order valence-electron chi connectivity index (χ4n) is 3.23. The van der Waals surface area contributed by atoms with E-state index in [-0.39, 0.29) is 11.3 Å². The lowest BCUT2D eigenvalue weighted by Gasteiger charge is -2.16. The number of nitrogens with one attached hydrogen (secondary N) is 1. The second-order valence-electron chi connectivity index (χ2n) is 6.46. The van der Waals surface area contributed by atoms with Crippen molar-refractivity contribution < 1.29 is 27.8 Å². The maximum Gasteiger partial charge on any atom is 0.282 e. The molecule has 3 aromatic rings. The smallest absolute Gasteiger partial charge is 0.282 e. The van der Waals surface area contributed by atoms with Crippen molar-refractivity contribution in [2.45, 2.75) is 0 Å². The third kappa shape index (κ3) is 3.64. The molecule has 31 heavy (non-hydrogen) atoms. The summed E-state index contributed by atoms with van der Waals surface area (Å²) in [7, 11) is 2.96. The minimum absolute atomic E-state index is 0.0525. The highest BCUT2D eigenvalue weighted by molar-refractivity contribution is 7.11. The van der Waals surface area contributed by atoms with Crippen molar-refractivity contribution in [3.8, 4) is 11.5 Å². The summed E-state index contributed by atoms with van der Waals surface area (Å²) < 4.78 is 38.6. The standard InChI is InChI=1S/C22H16F2N2O4S/c1-29-16-8-6-13(11-17(16)30-2)25-20-19(18-4-3-9-31-18)21(27)26(22(20)28)15-10-12(23)5-7-14(15)24/h3-11,25H,1-2H3. The number of methoxy groups -OCH3 is 2. The molecule has 1 N–H and O–H groups in total. The van der Waals surface area contributed by atoms with E-state index in [0.717, 1.165) is 18.2 Å². The quantitative estimate of drug-likeness (QED) is 0.572. The van der Waals surface area contributed by atoms with E-state index in [0.29, 0.717) is 27.0 Å². The highest BCUT2D eigenvalue weighted by atomic mass is 32.1. The second kappa shape index (κ2) is 8.19. The van der Waals surface area contributed by atoms with Gasteiger partial charge in [-0.1, -0.05) is 6.07 Å². The van der Waals surface area contributed by atoms with Crippen molar-refractivity contribution >= 4 is 40.1 Å². The van der Waals surface area contributed by atoms with E-state index in [9.17, 15) is 18.4 Å². The Morgan fingerprint density at radius 1 is 0.935 bits per heavy atom. The van der Waals surface area contributed by atoms with Crippen LogP contribution in [0.3, 0.4) is 0 Å². The monoisotopic (exact) mass is 442 g/mol. The van der Waals surface area contributed by atoms with E-state index in [4.69, 9.17) is 9.47 Å². The van der Waals surface area contributed by atoms with Crippen LogP contribution in [-0.4, -0.2) is 26.0 Å². The van der Waals surface area contributed by atoms with Crippen molar-refractivity contribution in [3.05, 3.63) is 76.1 Å². The minimum Gasteiger partial charge on any atom is -0.493 e. The number of imide groups is 1. The number of anilines is 2. The van der Waals surface area contributed by atoms with Crippen LogP contribution in [0.2, 0.25) is 0 Å². The van der Waals surface area contributed by atoms with Crippen LogP contribution in [0.15, 0.2) is 59.6 Å². The van der Waals surface area contributed by atoms with Crippen molar-refractivity contribution in [1.29, 1.82) is 0 Å². The number of ether oxygens (including phenoxy) is 2. The Morgan fingerprint density at radius 3 is 2.39 bits per heavy atom. The molecule has 1 aliphatic heterocycles. The van der Waals surface area contributed by atoms with E-state index < -0.39 is 29.1 Å². The normalized spacial score (nSPS) is 13.7. The Hall–Kier alpha value is -3.72. The third-order valence-corrected chi connectivity index (χ3v) is 5.54. The molecule has 0 saturated carbocycles. The Morgan fingerprint density at radius 2 is 1.71 bits per heavy atom. The lowest BCUT2D eigenvalue weighted by Crippen LogP contribution is -2.33. The second-order valence-corrected chi connectivity index (χ2v) is 7.41. The van der Waals surface area contributed by atoms with Gasteiger partial charge in [0, 0.05) is 22.7 Å². The van der Waals surface area contributed by atoms with Crippen LogP contribution in [0.5, 0.6) is 11.5 Å². The summed E-state index contributed by atoms with van der Waals surface area (Å²) in [5.41, 5.74) is 0.0133. The number of halogens is 2. The number of hydrogen-bond donors (Lipinski definition) is 1. The zero-order valence-electron chi connectivity index (χ0n) is 16.4. The van der Waals surface area contributed by atoms with Gasteiger partial charge in [0.05, 0.1) is 25.5 Å². The lowest BCUT2D eigenvalue weighted by atomic mass is 10.1. The van der Waals surface area contributed by atoms with Crippen LogP contribution in [-0.2, 0) is 9.59 Å². The Kier molecular flexibility index (Phi) is 5.43. The molecule has 2 aromatic carbocycles. The first-order valence-electron chi connectivity index (χ1n) is 9.05. The van der Waals surface area contributed by atoms with Gasteiger partial charge in [-0.2, -0.15) is 0 Å². The molecule has 1 aliphatic rings. The van der Waals surface area contributed by atoms with Gasteiger partial charge in [0.25, 0.3) is 11.8 Å². The average molecular weight is 442 g/mol. The molecule has 0 atom stereocenters. The summed E-state index contributed by atoms with van der Waals surface area (Å²) >= 11 is 1.25. The fourth-order valence-corrected chi connectivity index (χ4v) is 4.00. The van der Waals surface area contributed by atoms with Crippen LogP contribution in [0.4, 0.5) is 20.2 Å². The summed E-state index contributed by atoms with van der Waals surface area (Å²) in [6.45, 7) is 0. The first kappa shape index (κ1) is 20.5. The van der Waals surface area contributed by atoms with Gasteiger partial charge in [0.2, 0.25) is 0 Å². The van der Waals surface area contributed by atoms with Gasteiger partial charge in [-0.3, -0.25) is 9.59 Å². The number of hydrogen-bond acceptors (Lipinski definition) is 6. The number of rotatable bonds is 6. The Bertz CT molecular complexity index is 1210. The third-order valence-electron chi connectivity index (χ3n) is 4.65. The molecule has 0 unspecified atom stereocenters. The molecular weight excluding hydrogens is 426 g/mol. The summed E-state index contributed by atoms with van der Waals surface area (Å²) in [6.07, 6.45) is 0. The first-order chi connectivity index (χ1) is 14.9. The lowest BCUT2D eigenvalue weighted by molar-refractivity contribution is -0.120. The van der Waals surface area contributed by atoms with E-state index in [2.05, 4.69) is 5.32 Å². The van der Waals surface area contributed by atoms with Crippen molar-refractivity contribution in [1.82, 2.24) is 0 Å². The molecule has 0 saturated heterocycles. The molecule has 1 aromatic heterocycles. The van der Waals surface area contributed by atoms with E-state index >= 15 is 0 Å². The summed E-state index contributed by atoms with van der Waals surface area (Å²) in [5, 5.41) is 4.69. The van der Waals surface area contributed by atoms with E-state index in [1.165, 1.54) is 25.6 Å². The molecule has 0 radical (unpaired) electrons. The molecule has 2 amide bonds. The Labute approximate surface area is 180 Å². The van der Waals surface area contributed by atoms with Crippen LogP contribution in [0, 0.1) is 11.6 Å². The maximum atomic E-state index is 14.4. The van der Waals surface area contributed by atoms with Gasteiger partial charge < -0.3 is 14.8 Å². The molecule has 0 spiro atoms. The number of carbonyl (C=O) groups excluding carboxylic acids is 2. The van der Waals surface area contributed by atoms with Gasteiger partial charge >= 0.3 is 0 Å². The molecule has 0 fully saturated rings. The zero-order chi connectivity index (χ0) is 22.1. The van der Waals surface area contributed by atoms with Crippen molar-refractivity contribution in [2.75, 3.05) is 24.4 Å². The molecule has 0 aliphatic carbocycles. The number of carbonyl (C=O) groups is 2. The molecule has 158 valence electrons. The summed E-state index contributed by atoms with van der Waals surface area (Å²) in [4.78, 5) is 27.5. The van der Waals surface area contributed by atoms with Crippen LogP contribution in [0.1, 0.15) is 4.88 Å².